The highest BCUT2D eigenvalue weighted by molar-refractivity contribution is 7.80. The van der Waals surface area contributed by atoms with Crippen LogP contribution >= 0.6 is 12.6 Å². The van der Waals surface area contributed by atoms with Crippen LogP contribution in [0.1, 0.15) is 84.5 Å². The molecule has 0 aromatic rings. The van der Waals surface area contributed by atoms with Crippen LogP contribution in [0, 0.1) is 0 Å². The third kappa shape index (κ3) is 14.4. The second kappa shape index (κ2) is 12.4. The first-order valence-corrected chi connectivity index (χ1v) is 7.47. The van der Waals surface area contributed by atoms with Gasteiger partial charge in [-0.3, -0.25) is 0 Å². The fraction of sp³-hybridized carbons (Fsp3) is 1.00. The van der Waals surface area contributed by atoms with E-state index in [-0.39, 0.29) is 0 Å². The van der Waals surface area contributed by atoms with Gasteiger partial charge in [0, 0.05) is 0 Å². The molecule has 0 aliphatic heterocycles. The van der Waals surface area contributed by atoms with Crippen molar-refractivity contribution in [3.63, 3.8) is 0 Å². The van der Waals surface area contributed by atoms with Crippen molar-refractivity contribution in [3.05, 3.63) is 0 Å². The van der Waals surface area contributed by atoms with Crippen LogP contribution in [0.15, 0.2) is 0 Å². The first-order valence-electron chi connectivity index (χ1n) is 6.95. The molecule has 1 atom stereocenters. The molecule has 0 N–H and O–H groups in total. The quantitative estimate of drug-likeness (QED) is 0.346. The number of rotatable bonds is 11. The maximum Gasteiger partial charge on any atom is -0.00116 e. The summed E-state index contributed by atoms with van der Waals surface area (Å²) in [6.45, 7) is 4.47. The Bertz CT molecular complexity index is 110. The molecule has 0 spiro atoms. The van der Waals surface area contributed by atoms with Crippen molar-refractivity contribution in [1.82, 2.24) is 0 Å². The third-order valence-corrected chi connectivity index (χ3v) is 3.23. The molecule has 0 fully saturated rings. The minimum atomic E-state index is 0.596. The number of hydrogen-bond donors (Lipinski definition) is 1. The SMILES string of the molecule is CCCCCCCCCCCCC(C)S. The van der Waals surface area contributed by atoms with Crippen molar-refractivity contribution >= 4 is 12.6 Å². The van der Waals surface area contributed by atoms with Crippen LogP contribution in [0.2, 0.25) is 0 Å². The Balaban J connectivity index is 2.87. The summed E-state index contributed by atoms with van der Waals surface area (Å²) in [5.41, 5.74) is 0. The zero-order valence-electron chi connectivity index (χ0n) is 10.8. The molecule has 0 rings (SSSR count). The fourth-order valence-electron chi connectivity index (χ4n) is 1.93. The Hall–Kier alpha value is 0.350. The Labute approximate surface area is 103 Å². The van der Waals surface area contributed by atoms with Crippen LogP contribution in [0.25, 0.3) is 0 Å². The van der Waals surface area contributed by atoms with E-state index in [1.165, 1.54) is 70.6 Å². The topological polar surface area (TPSA) is 0 Å². The molecule has 0 aromatic carbocycles. The van der Waals surface area contributed by atoms with E-state index in [1.807, 2.05) is 0 Å². The van der Waals surface area contributed by atoms with Gasteiger partial charge in [-0.2, -0.15) is 12.6 Å². The maximum atomic E-state index is 4.39. The summed E-state index contributed by atoms with van der Waals surface area (Å²) in [5.74, 6) is 0. The molecular weight excluding hydrogens is 200 g/mol. The average molecular weight is 230 g/mol. The molecule has 0 heterocycles. The molecule has 1 heteroatoms. The Morgan fingerprint density at radius 3 is 1.53 bits per heavy atom. The largest absolute Gasteiger partial charge is 0.176 e. The van der Waals surface area contributed by atoms with Gasteiger partial charge in [-0.05, 0) is 11.7 Å². The highest BCUT2D eigenvalue weighted by atomic mass is 32.1. The van der Waals surface area contributed by atoms with Crippen LogP contribution in [-0.2, 0) is 0 Å². The van der Waals surface area contributed by atoms with Crippen LogP contribution in [0.5, 0.6) is 0 Å². The van der Waals surface area contributed by atoms with Gasteiger partial charge in [-0.1, -0.05) is 78.1 Å². The van der Waals surface area contributed by atoms with E-state index in [4.69, 9.17) is 0 Å². The van der Waals surface area contributed by atoms with Gasteiger partial charge in [-0.15, -0.1) is 0 Å². The number of hydrogen-bond acceptors (Lipinski definition) is 1. The van der Waals surface area contributed by atoms with Gasteiger partial charge < -0.3 is 0 Å². The van der Waals surface area contributed by atoms with Gasteiger partial charge in [0.1, 0.15) is 0 Å². The molecule has 0 radical (unpaired) electrons. The van der Waals surface area contributed by atoms with Crippen LogP contribution in [0.4, 0.5) is 0 Å². The molecule has 0 bridgehead atoms. The van der Waals surface area contributed by atoms with Crippen molar-refractivity contribution in [2.24, 2.45) is 0 Å². The molecule has 0 saturated carbocycles. The second-order valence-electron chi connectivity index (χ2n) is 4.82. The van der Waals surface area contributed by atoms with Crippen molar-refractivity contribution < 1.29 is 0 Å². The Kier molecular flexibility index (Phi) is 12.7. The van der Waals surface area contributed by atoms with Gasteiger partial charge >= 0.3 is 0 Å². The van der Waals surface area contributed by atoms with Crippen LogP contribution in [0.3, 0.4) is 0 Å². The van der Waals surface area contributed by atoms with Gasteiger partial charge in [0.2, 0.25) is 0 Å². The molecule has 0 saturated heterocycles. The van der Waals surface area contributed by atoms with E-state index in [0.717, 1.165) is 0 Å². The van der Waals surface area contributed by atoms with E-state index in [9.17, 15) is 0 Å². The zero-order valence-corrected chi connectivity index (χ0v) is 11.7. The first kappa shape index (κ1) is 15.3. The van der Waals surface area contributed by atoms with Crippen molar-refractivity contribution in [2.45, 2.75) is 89.7 Å². The van der Waals surface area contributed by atoms with E-state index >= 15 is 0 Å². The molecule has 0 aliphatic carbocycles. The van der Waals surface area contributed by atoms with Crippen molar-refractivity contribution in [1.29, 1.82) is 0 Å². The van der Waals surface area contributed by atoms with E-state index in [2.05, 4.69) is 26.5 Å². The first-order chi connectivity index (χ1) is 7.27. The smallest absolute Gasteiger partial charge is 0.00116 e. The minimum Gasteiger partial charge on any atom is -0.176 e. The molecule has 92 valence electrons. The van der Waals surface area contributed by atoms with E-state index in [1.54, 1.807) is 0 Å². The standard InChI is InChI=1S/C14H30S/c1-3-4-5-6-7-8-9-10-11-12-13-14(2)15/h14-15H,3-13H2,1-2H3. The monoisotopic (exact) mass is 230 g/mol. The lowest BCUT2D eigenvalue weighted by Gasteiger charge is -2.04. The van der Waals surface area contributed by atoms with Gasteiger partial charge in [0.05, 0.1) is 0 Å². The zero-order chi connectivity index (χ0) is 11.4. The molecule has 0 nitrogen and oxygen atoms in total. The highest BCUT2D eigenvalue weighted by Gasteiger charge is 1.95. The minimum absolute atomic E-state index is 0.596. The van der Waals surface area contributed by atoms with Crippen LogP contribution in [-0.4, -0.2) is 5.25 Å². The van der Waals surface area contributed by atoms with Crippen molar-refractivity contribution in [3.8, 4) is 0 Å². The molecule has 0 amide bonds. The van der Waals surface area contributed by atoms with Gasteiger partial charge in [0.25, 0.3) is 0 Å². The summed E-state index contributed by atoms with van der Waals surface area (Å²) < 4.78 is 0. The summed E-state index contributed by atoms with van der Waals surface area (Å²) in [4.78, 5) is 0. The molecule has 0 aliphatic rings. The predicted octanol–water partition coefficient (Wildman–Crippen LogP) is 5.62. The number of unbranched alkanes of at least 4 members (excludes halogenated alkanes) is 9. The van der Waals surface area contributed by atoms with Crippen LogP contribution < -0.4 is 0 Å². The predicted molar refractivity (Wildman–Crippen MR) is 74.9 cm³/mol. The number of thiol groups is 1. The summed E-state index contributed by atoms with van der Waals surface area (Å²) >= 11 is 4.39. The summed E-state index contributed by atoms with van der Waals surface area (Å²) in [7, 11) is 0. The summed E-state index contributed by atoms with van der Waals surface area (Å²) in [6, 6.07) is 0. The van der Waals surface area contributed by atoms with Crippen molar-refractivity contribution in [2.75, 3.05) is 0 Å². The average Bonchev–Trinajstić information content (AvgIpc) is 2.20. The fourth-order valence-corrected chi connectivity index (χ4v) is 2.11. The van der Waals surface area contributed by atoms with E-state index in [0.29, 0.717) is 5.25 Å². The lowest BCUT2D eigenvalue weighted by molar-refractivity contribution is 0.549. The molecule has 0 aromatic heterocycles. The van der Waals surface area contributed by atoms with Gasteiger partial charge in [0.15, 0.2) is 0 Å². The molecule has 1 unspecified atom stereocenters. The molecule has 15 heavy (non-hydrogen) atoms. The third-order valence-electron chi connectivity index (χ3n) is 2.98. The Morgan fingerprint density at radius 2 is 1.13 bits per heavy atom. The summed E-state index contributed by atoms with van der Waals surface area (Å²) in [6.07, 6.45) is 15.6. The lowest BCUT2D eigenvalue weighted by atomic mass is 10.1. The second-order valence-corrected chi connectivity index (χ2v) is 5.70. The highest BCUT2D eigenvalue weighted by Crippen LogP contribution is 2.12. The summed E-state index contributed by atoms with van der Waals surface area (Å²) in [5, 5.41) is 0.596. The molecular formula is C14H30S. The Morgan fingerprint density at radius 1 is 0.733 bits per heavy atom. The van der Waals surface area contributed by atoms with E-state index < -0.39 is 0 Å². The normalized spacial score (nSPS) is 13.0. The lowest BCUT2D eigenvalue weighted by Crippen LogP contribution is -1.90. The maximum absolute atomic E-state index is 4.39. The van der Waals surface area contributed by atoms with Gasteiger partial charge in [-0.25, -0.2) is 0 Å².